The quantitative estimate of drug-likeness (QED) is 0.559. The van der Waals surface area contributed by atoms with Crippen molar-refractivity contribution in [1.82, 2.24) is 5.32 Å². The maximum Gasteiger partial charge on any atom is 0.338 e. The van der Waals surface area contributed by atoms with Crippen LogP contribution in [0.4, 0.5) is 0 Å². The summed E-state index contributed by atoms with van der Waals surface area (Å²) < 4.78 is 19.9. The van der Waals surface area contributed by atoms with Crippen molar-refractivity contribution in [2.75, 3.05) is 41.1 Å². The van der Waals surface area contributed by atoms with Gasteiger partial charge >= 0.3 is 5.97 Å². The van der Waals surface area contributed by atoms with Gasteiger partial charge in [0, 0.05) is 13.7 Å². The number of methoxy groups -OCH3 is 3. The molecule has 0 fully saturated rings. The van der Waals surface area contributed by atoms with E-state index in [1.54, 1.807) is 6.07 Å². The molecule has 0 aliphatic carbocycles. The molecule has 1 aromatic carbocycles. The highest BCUT2D eigenvalue weighted by Crippen LogP contribution is 2.27. The third-order valence-electron chi connectivity index (χ3n) is 2.58. The van der Waals surface area contributed by atoms with Gasteiger partial charge in [0.05, 0.1) is 26.4 Å². The third-order valence-corrected chi connectivity index (χ3v) is 2.58. The number of ether oxygens (including phenoxy) is 4. The lowest BCUT2D eigenvalue weighted by molar-refractivity contribution is -0.124. The van der Waals surface area contributed by atoms with Gasteiger partial charge in [0.1, 0.15) is 0 Å². The molecule has 1 rings (SSSR count). The predicted molar refractivity (Wildman–Crippen MR) is 74.7 cm³/mol. The summed E-state index contributed by atoms with van der Waals surface area (Å²) in [6.07, 6.45) is 0. The summed E-state index contributed by atoms with van der Waals surface area (Å²) in [4.78, 5) is 23.2. The molecule has 0 aromatic heterocycles. The van der Waals surface area contributed by atoms with Crippen LogP contribution in [0.5, 0.6) is 11.5 Å². The Morgan fingerprint density at radius 3 is 2.43 bits per heavy atom. The Balaban J connectivity index is 2.54. The van der Waals surface area contributed by atoms with E-state index in [1.807, 2.05) is 0 Å². The van der Waals surface area contributed by atoms with Crippen molar-refractivity contribution in [2.24, 2.45) is 0 Å². The third kappa shape index (κ3) is 5.31. The van der Waals surface area contributed by atoms with Crippen molar-refractivity contribution in [2.45, 2.75) is 0 Å². The summed E-state index contributed by atoms with van der Waals surface area (Å²) in [6.45, 7) is 0.412. The minimum Gasteiger partial charge on any atom is -0.493 e. The van der Waals surface area contributed by atoms with Crippen molar-refractivity contribution in [3.8, 4) is 11.5 Å². The molecule has 0 aliphatic heterocycles. The predicted octanol–water partition coefficient (Wildman–Crippen LogP) is 0.623. The van der Waals surface area contributed by atoms with E-state index in [1.165, 1.54) is 33.5 Å². The topological polar surface area (TPSA) is 83.1 Å². The number of carbonyl (C=O) groups excluding carboxylic acids is 2. The zero-order valence-corrected chi connectivity index (χ0v) is 12.3. The minimum atomic E-state index is -0.613. The summed E-state index contributed by atoms with van der Waals surface area (Å²) in [5.74, 6) is -0.0819. The molecule has 0 spiro atoms. The fraction of sp³-hybridized carbons (Fsp3) is 0.429. The van der Waals surface area contributed by atoms with Crippen LogP contribution in [-0.4, -0.2) is 53.0 Å². The van der Waals surface area contributed by atoms with Gasteiger partial charge in [-0.2, -0.15) is 0 Å². The number of benzene rings is 1. The lowest BCUT2D eigenvalue weighted by atomic mass is 10.2. The average molecular weight is 297 g/mol. The molecule has 0 aliphatic rings. The molecule has 7 heteroatoms. The zero-order valence-electron chi connectivity index (χ0n) is 12.3. The number of hydrogen-bond donors (Lipinski definition) is 1. The molecule has 0 radical (unpaired) electrons. The van der Waals surface area contributed by atoms with E-state index in [0.29, 0.717) is 24.7 Å². The molecule has 116 valence electrons. The molecular formula is C14H19NO6. The highest BCUT2D eigenvalue weighted by molar-refractivity contribution is 5.92. The maximum atomic E-state index is 11.8. The number of carbonyl (C=O) groups is 2. The van der Waals surface area contributed by atoms with Gasteiger partial charge in [-0.3, -0.25) is 4.79 Å². The summed E-state index contributed by atoms with van der Waals surface area (Å²) in [5, 5.41) is 2.55. The van der Waals surface area contributed by atoms with Crippen molar-refractivity contribution in [3.05, 3.63) is 23.8 Å². The van der Waals surface area contributed by atoms with Gasteiger partial charge in [0.25, 0.3) is 5.91 Å². The standard InChI is InChI=1S/C14H19NO6/c1-18-7-6-15-13(16)9-21-14(17)10-4-5-11(19-2)12(8-10)20-3/h4-5,8H,6-7,9H2,1-3H3,(H,15,16). The van der Waals surface area contributed by atoms with Crippen LogP contribution in [0.15, 0.2) is 18.2 Å². The van der Waals surface area contributed by atoms with Gasteiger partial charge in [0.2, 0.25) is 0 Å². The summed E-state index contributed by atoms with van der Waals surface area (Å²) in [5.41, 5.74) is 0.275. The lowest BCUT2D eigenvalue weighted by Crippen LogP contribution is -2.31. The van der Waals surface area contributed by atoms with Crippen molar-refractivity contribution < 1.29 is 28.5 Å². The van der Waals surface area contributed by atoms with Crippen LogP contribution >= 0.6 is 0 Å². The molecule has 1 aromatic rings. The SMILES string of the molecule is COCCNC(=O)COC(=O)c1ccc(OC)c(OC)c1. The van der Waals surface area contributed by atoms with Gasteiger partial charge in [-0.25, -0.2) is 4.79 Å². The second kappa shape index (κ2) is 8.80. The Morgan fingerprint density at radius 1 is 1.10 bits per heavy atom. The van der Waals surface area contributed by atoms with Crippen molar-refractivity contribution >= 4 is 11.9 Å². The first-order chi connectivity index (χ1) is 10.1. The fourth-order valence-electron chi connectivity index (χ4n) is 1.52. The number of amides is 1. The second-order valence-corrected chi connectivity index (χ2v) is 3.99. The summed E-state index contributed by atoms with van der Waals surface area (Å²) in [6, 6.07) is 4.62. The number of rotatable bonds is 8. The maximum absolute atomic E-state index is 11.8. The monoisotopic (exact) mass is 297 g/mol. The first-order valence-electron chi connectivity index (χ1n) is 6.27. The van der Waals surface area contributed by atoms with Gasteiger partial charge in [0.15, 0.2) is 18.1 Å². The van der Waals surface area contributed by atoms with Crippen LogP contribution in [0.2, 0.25) is 0 Å². The van der Waals surface area contributed by atoms with Crippen molar-refractivity contribution in [3.63, 3.8) is 0 Å². The molecule has 0 saturated heterocycles. The molecule has 1 N–H and O–H groups in total. The van der Waals surface area contributed by atoms with Gasteiger partial charge < -0.3 is 24.3 Å². The molecule has 21 heavy (non-hydrogen) atoms. The molecule has 0 bridgehead atoms. The summed E-state index contributed by atoms with van der Waals surface area (Å²) in [7, 11) is 4.50. The number of nitrogens with one attached hydrogen (secondary N) is 1. The van der Waals surface area contributed by atoms with E-state index in [9.17, 15) is 9.59 Å². The van der Waals surface area contributed by atoms with Crippen LogP contribution in [0.25, 0.3) is 0 Å². The van der Waals surface area contributed by atoms with E-state index in [4.69, 9.17) is 18.9 Å². The summed E-state index contributed by atoms with van der Waals surface area (Å²) >= 11 is 0. The second-order valence-electron chi connectivity index (χ2n) is 3.99. The highest BCUT2D eigenvalue weighted by atomic mass is 16.5. The van der Waals surface area contributed by atoms with Gasteiger partial charge in [-0.05, 0) is 18.2 Å². The zero-order chi connectivity index (χ0) is 15.7. The van der Waals surface area contributed by atoms with Crippen LogP contribution < -0.4 is 14.8 Å². The molecule has 0 heterocycles. The minimum absolute atomic E-state index is 0.275. The van der Waals surface area contributed by atoms with E-state index in [0.717, 1.165) is 0 Å². The van der Waals surface area contributed by atoms with E-state index in [-0.39, 0.29) is 18.1 Å². The first-order valence-corrected chi connectivity index (χ1v) is 6.27. The Hall–Kier alpha value is -2.28. The Labute approximate surface area is 123 Å². The highest BCUT2D eigenvalue weighted by Gasteiger charge is 2.13. The largest absolute Gasteiger partial charge is 0.493 e. The smallest absolute Gasteiger partial charge is 0.338 e. The van der Waals surface area contributed by atoms with E-state index < -0.39 is 5.97 Å². The number of esters is 1. The van der Waals surface area contributed by atoms with E-state index in [2.05, 4.69) is 5.32 Å². The lowest BCUT2D eigenvalue weighted by Gasteiger charge is -2.09. The van der Waals surface area contributed by atoms with Crippen LogP contribution in [0, 0.1) is 0 Å². The molecule has 7 nitrogen and oxygen atoms in total. The Morgan fingerprint density at radius 2 is 1.81 bits per heavy atom. The van der Waals surface area contributed by atoms with Crippen LogP contribution in [0.1, 0.15) is 10.4 Å². The van der Waals surface area contributed by atoms with Crippen LogP contribution in [-0.2, 0) is 14.3 Å². The molecule has 1 amide bonds. The molecule has 0 saturated carbocycles. The van der Waals surface area contributed by atoms with Crippen LogP contribution in [0.3, 0.4) is 0 Å². The Kier molecular flexibility index (Phi) is 7.03. The Bertz CT molecular complexity index is 488. The van der Waals surface area contributed by atoms with Gasteiger partial charge in [-0.15, -0.1) is 0 Å². The first kappa shape index (κ1) is 16.8. The molecular weight excluding hydrogens is 278 g/mol. The molecule has 0 atom stereocenters. The average Bonchev–Trinajstić information content (AvgIpc) is 2.52. The number of hydrogen-bond acceptors (Lipinski definition) is 6. The molecule has 0 unspecified atom stereocenters. The van der Waals surface area contributed by atoms with E-state index >= 15 is 0 Å². The van der Waals surface area contributed by atoms with Gasteiger partial charge in [-0.1, -0.05) is 0 Å². The van der Waals surface area contributed by atoms with Crippen molar-refractivity contribution in [1.29, 1.82) is 0 Å². The fourth-order valence-corrected chi connectivity index (χ4v) is 1.52. The normalized spacial score (nSPS) is 9.86.